The molecule has 180 valence electrons. The van der Waals surface area contributed by atoms with E-state index in [2.05, 4.69) is 31.6 Å². The smallest absolute Gasteiger partial charge is 0.254 e. The van der Waals surface area contributed by atoms with E-state index in [1.165, 1.54) is 19.3 Å². The third kappa shape index (κ3) is 5.14. The predicted molar refractivity (Wildman–Crippen MR) is 134 cm³/mol. The maximum absolute atomic E-state index is 13.1. The molecular weight excluding hydrogens is 428 g/mol. The van der Waals surface area contributed by atoms with Crippen molar-refractivity contribution in [1.82, 2.24) is 29.9 Å². The van der Waals surface area contributed by atoms with Crippen molar-refractivity contribution in [2.24, 2.45) is 5.92 Å². The van der Waals surface area contributed by atoms with Crippen molar-refractivity contribution in [2.45, 2.75) is 45.3 Å². The van der Waals surface area contributed by atoms with Crippen LogP contribution in [0.15, 0.2) is 41.6 Å². The number of aromatic nitrogens is 5. The highest BCUT2D eigenvalue weighted by molar-refractivity contribution is 5.62. The molecule has 3 aromatic rings. The highest BCUT2D eigenvalue weighted by Gasteiger charge is 2.25. The van der Waals surface area contributed by atoms with Gasteiger partial charge in [0.25, 0.3) is 5.56 Å². The Balaban J connectivity index is 1.29. The van der Waals surface area contributed by atoms with Crippen LogP contribution in [0.5, 0.6) is 0 Å². The summed E-state index contributed by atoms with van der Waals surface area (Å²) in [5, 5.41) is 12.3. The van der Waals surface area contributed by atoms with E-state index in [0.717, 1.165) is 60.3 Å². The Labute approximate surface area is 200 Å². The summed E-state index contributed by atoms with van der Waals surface area (Å²) in [4.78, 5) is 21.7. The van der Waals surface area contributed by atoms with Crippen LogP contribution in [-0.4, -0.2) is 64.3 Å². The maximum atomic E-state index is 13.1. The van der Waals surface area contributed by atoms with Gasteiger partial charge in [-0.15, -0.1) is 5.10 Å². The topological polar surface area (TPSA) is 84.1 Å². The minimum absolute atomic E-state index is 0.0172. The summed E-state index contributed by atoms with van der Waals surface area (Å²) in [6, 6.07) is 6.41. The number of hydrogen-bond acceptors (Lipinski definition) is 7. The van der Waals surface area contributed by atoms with Crippen LogP contribution in [0.2, 0.25) is 0 Å². The van der Waals surface area contributed by atoms with E-state index in [1.807, 2.05) is 44.4 Å². The van der Waals surface area contributed by atoms with E-state index < -0.39 is 0 Å². The first-order valence-electron chi connectivity index (χ1n) is 12.2. The number of aryl methyl sites for hydroxylation is 1. The van der Waals surface area contributed by atoms with Crippen LogP contribution in [0.3, 0.4) is 0 Å². The van der Waals surface area contributed by atoms with Gasteiger partial charge in [0, 0.05) is 62.4 Å². The molecule has 2 fully saturated rings. The van der Waals surface area contributed by atoms with Crippen LogP contribution in [0.4, 0.5) is 11.4 Å². The molecule has 0 amide bonds. The van der Waals surface area contributed by atoms with Gasteiger partial charge in [0.15, 0.2) is 0 Å². The van der Waals surface area contributed by atoms with Crippen LogP contribution < -0.4 is 20.7 Å². The molecule has 0 spiro atoms. The van der Waals surface area contributed by atoms with E-state index in [-0.39, 0.29) is 5.56 Å². The third-order valence-corrected chi connectivity index (χ3v) is 6.86. The average Bonchev–Trinajstić information content (AvgIpc) is 3.55. The normalized spacial score (nSPS) is 18.3. The van der Waals surface area contributed by atoms with E-state index in [9.17, 15) is 4.79 Å². The van der Waals surface area contributed by atoms with Crippen LogP contribution in [0, 0.1) is 12.8 Å². The molecule has 3 aromatic heterocycles. The Hall–Kier alpha value is -3.20. The lowest BCUT2D eigenvalue weighted by Crippen LogP contribution is -2.46. The van der Waals surface area contributed by atoms with Gasteiger partial charge in [0.05, 0.1) is 18.1 Å². The fourth-order valence-corrected chi connectivity index (χ4v) is 4.57. The molecule has 0 bridgehead atoms. The summed E-state index contributed by atoms with van der Waals surface area (Å²) in [5.41, 5.74) is 4.54. The lowest BCUT2D eigenvalue weighted by atomic mass is 10.0. The number of nitrogens with zero attached hydrogens (tertiary/aromatic N) is 7. The van der Waals surface area contributed by atoms with Crippen molar-refractivity contribution >= 4 is 11.4 Å². The number of rotatable bonds is 8. The first kappa shape index (κ1) is 22.6. The van der Waals surface area contributed by atoms with Crippen molar-refractivity contribution in [1.29, 1.82) is 0 Å². The van der Waals surface area contributed by atoms with Crippen LogP contribution in [0.25, 0.3) is 11.3 Å². The fourth-order valence-electron chi connectivity index (χ4n) is 4.57. The first-order valence-corrected chi connectivity index (χ1v) is 12.2. The molecule has 34 heavy (non-hydrogen) atoms. The summed E-state index contributed by atoms with van der Waals surface area (Å²) in [5.74, 6) is 0.882. The largest absolute Gasteiger partial charge is 0.376 e. The summed E-state index contributed by atoms with van der Waals surface area (Å²) < 4.78 is 3.44. The molecule has 1 saturated carbocycles. The molecule has 1 saturated heterocycles. The molecular formula is C25H34N8O. The second-order valence-corrected chi connectivity index (χ2v) is 9.87. The Morgan fingerprint density at radius 1 is 1.15 bits per heavy atom. The number of pyridine rings is 2. The maximum Gasteiger partial charge on any atom is 0.254 e. The van der Waals surface area contributed by atoms with Gasteiger partial charge in [-0.25, -0.2) is 4.68 Å². The Morgan fingerprint density at radius 3 is 2.76 bits per heavy atom. The zero-order valence-corrected chi connectivity index (χ0v) is 20.3. The average molecular weight is 463 g/mol. The summed E-state index contributed by atoms with van der Waals surface area (Å²) in [7, 11) is 3.95. The lowest BCUT2D eigenvalue weighted by Gasteiger charge is -2.35. The van der Waals surface area contributed by atoms with E-state index in [4.69, 9.17) is 0 Å². The summed E-state index contributed by atoms with van der Waals surface area (Å²) in [6.07, 6.45) is 10.5. The third-order valence-electron chi connectivity index (χ3n) is 6.86. The molecule has 9 nitrogen and oxygen atoms in total. The second kappa shape index (κ2) is 9.58. The number of nitrogens with one attached hydrogen (secondary N) is 1. The lowest BCUT2D eigenvalue weighted by molar-refractivity contribution is 0.416. The molecule has 9 heteroatoms. The molecule has 5 rings (SSSR count). The minimum Gasteiger partial charge on any atom is -0.376 e. The quantitative estimate of drug-likeness (QED) is 0.550. The van der Waals surface area contributed by atoms with Gasteiger partial charge in [-0.1, -0.05) is 5.21 Å². The van der Waals surface area contributed by atoms with Gasteiger partial charge in [0.1, 0.15) is 12.4 Å². The van der Waals surface area contributed by atoms with Gasteiger partial charge >= 0.3 is 0 Å². The van der Waals surface area contributed by atoms with E-state index >= 15 is 0 Å². The van der Waals surface area contributed by atoms with Gasteiger partial charge in [0.2, 0.25) is 0 Å². The van der Waals surface area contributed by atoms with E-state index in [1.54, 1.807) is 21.5 Å². The predicted octanol–water partition coefficient (Wildman–Crippen LogP) is 2.35. The number of anilines is 2. The van der Waals surface area contributed by atoms with E-state index in [0.29, 0.717) is 12.7 Å². The molecule has 1 aliphatic carbocycles. The monoisotopic (exact) mass is 462 g/mol. The molecule has 0 radical (unpaired) electrons. The van der Waals surface area contributed by atoms with Gasteiger partial charge in [-0.2, -0.15) is 0 Å². The van der Waals surface area contributed by atoms with Crippen molar-refractivity contribution in [3.05, 3.63) is 52.8 Å². The van der Waals surface area contributed by atoms with Crippen LogP contribution in [-0.2, 0) is 6.67 Å². The highest BCUT2D eigenvalue weighted by Crippen LogP contribution is 2.28. The van der Waals surface area contributed by atoms with Gasteiger partial charge < -0.3 is 15.1 Å². The van der Waals surface area contributed by atoms with Gasteiger partial charge in [-0.05, 0) is 57.2 Å². The molecule has 0 unspecified atom stereocenters. The van der Waals surface area contributed by atoms with Crippen molar-refractivity contribution in [3.63, 3.8) is 0 Å². The summed E-state index contributed by atoms with van der Waals surface area (Å²) >= 11 is 0. The molecule has 1 N–H and O–H groups in total. The molecule has 1 atom stereocenters. The zero-order chi connectivity index (χ0) is 23.7. The SMILES string of the molecule is Cc1cc(N2CCC[C@@H](NCC3CC3)C2)cc(=O)n1Cn1cc(-c2cncc(N(C)C)c2)nn1. The number of piperidine rings is 1. The standard InChI is InChI=1S/C25H34N8O/c1-18-9-22(31-8-4-5-21(15-31)27-12-19-6-7-19)11-25(34)33(18)17-32-16-24(28-29-32)20-10-23(30(2)3)14-26-13-20/h9-11,13-14,16,19,21,27H,4-8,12,15,17H2,1-3H3/t21-/m1/s1. The summed E-state index contributed by atoms with van der Waals surface area (Å²) in [6.45, 7) is 5.40. The van der Waals surface area contributed by atoms with Crippen molar-refractivity contribution in [3.8, 4) is 11.3 Å². The Kier molecular flexibility index (Phi) is 6.36. The van der Waals surface area contributed by atoms with Crippen molar-refractivity contribution < 1.29 is 0 Å². The Bertz CT molecular complexity index is 1200. The molecule has 0 aromatic carbocycles. The Morgan fingerprint density at radius 2 is 2.00 bits per heavy atom. The molecule has 2 aliphatic rings. The highest BCUT2D eigenvalue weighted by atomic mass is 16.1. The fraction of sp³-hybridized carbons (Fsp3) is 0.520. The van der Waals surface area contributed by atoms with Crippen molar-refractivity contribution in [2.75, 3.05) is 43.5 Å². The number of hydrogen-bond donors (Lipinski definition) is 1. The molecule has 1 aliphatic heterocycles. The van der Waals surface area contributed by atoms with Gasteiger partial charge in [-0.3, -0.25) is 14.3 Å². The first-order chi connectivity index (χ1) is 16.5. The minimum atomic E-state index is -0.0172. The van der Waals surface area contributed by atoms with Crippen LogP contribution in [0.1, 0.15) is 31.4 Å². The molecule has 4 heterocycles. The van der Waals surface area contributed by atoms with Crippen LogP contribution >= 0.6 is 0 Å². The second-order valence-electron chi connectivity index (χ2n) is 9.87. The zero-order valence-electron chi connectivity index (χ0n) is 20.3.